The standard InChI is InChI=1S/C14H17NO2/c1-11-7-14(4-3-13(11)9-16)15(2)8-12-5-6-17-10-12/h3-7,10,16H,8-9H2,1-2H3. The molecule has 3 heteroatoms. The van der Waals surface area contributed by atoms with Crippen LogP contribution in [0.15, 0.2) is 41.2 Å². The summed E-state index contributed by atoms with van der Waals surface area (Å²) in [7, 11) is 2.04. The average molecular weight is 231 g/mol. The molecule has 0 bridgehead atoms. The van der Waals surface area contributed by atoms with Gasteiger partial charge in [0.25, 0.3) is 0 Å². The van der Waals surface area contributed by atoms with E-state index in [1.54, 1.807) is 12.5 Å². The number of anilines is 1. The van der Waals surface area contributed by atoms with Crippen LogP contribution in [0.2, 0.25) is 0 Å². The van der Waals surface area contributed by atoms with Crippen LogP contribution in [0.4, 0.5) is 5.69 Å². The Balaban J connectivity index is 2.14. The van der Waals surface area contributed by atoms with E-state index in [4.69, 9.17) is 9.52 Å². The molecule has 0 fully saturated rings. The molecule has 0 aliphatic heterocycles. The Morgan fingerprint density at radius 3 is 2.71 bits per heavy atom. The van der Waals surface area contributed by atoms with Crippen LogP contribution >= 0.6 is 0 Å². The first-order chi connectivity index (χ1) is 8.20. The number of furan rings is 1. The maximum absolute atomic E-state index is 9.13. The largest absolute Gasteiger partial charge is 0.472 e. The van der Waals surface area contributed by atoms with E-state index >= 15 is 0 Å². The van der Waals surface area contributed by atoms with Gasteiger partial charge in [0, 0.05) is 24.8 Å². The second-order valence-corrected chi connectivity index (χ2v) is 4.26. The Kier molecular flexibility index (Phi) is 3.49. The van der Waals surface area contributed by atoms with E-state index in [1.807, 2.05) is 32.2 Å². The molecule has 0 saturated carbocycles. The lowest BCUT2D eigenvalue weighted by molar-refractivity contribution is 0.281. The first-order valence-corrected chi connectivity index (χ1v) is 5.63. The molecule has 0 aliphatic carbocycles. The molecule has 0 aliphatic rings. The lowest BCUT2D eigenvalue weighted by Gasteiger charge is -2.19. The molecule has 1 heterocycles. The topological polar surface area (TPSA) is 36.6 Å². The van der Waals surface area contributed by atoms with Gasteiger partial charge in [0.15, 0.2) is 0 Å². The zero-order valence-electron chi connectivity index (χ0n) is 10.2. The van der Waals surface area contributed by atoms with Crippen molar-refractivity contribution in [3.8, 4) is 0 Å². The third kappa shape index (κ3) is 2.68. The van der Waals surface area contributed by atoms with Gasteiger partial charge in [-0.05, 0) is 36.2 Å². The predicted octanol–water partition coefficient (Wildman–Crippen LogP) is 2.72. The first kappa shape index (κ1) is 11.7. The zero-order chi connectivity index (χ0) is 12.3. The van der Waals surface area contributed by atoms with E-state index in [1.165, 1.54) is 0 Å². The van der Waals surface area contributed by atoms with Crippen molar-refractivity contribution in [1.29, 1.82) is 0 Å². The third-order valence-corrected chi connectivity index (χ3v) is 2.94. The molecule has 90 valence electrons. The minimum absolute atomic E-state index is 0.0948. The Hall–Kier alpha value is -1.74. The summed E-state index contributed by atoms with van der Waals surface area (Å²) >= 11 is 0. The molecule has 1 aromatic carbocycles. The van der Waals surface area contributed by atoms with Gasteiger partial charge in [-0.15, -0.1) is 0 Å². The van der Waals surface area contributed by atoms with Crippen molar-refractivity contribution in [2.45, 2.75) is 20.1 Å². The van der Waals surface area contributed by atoms with Crippen LogP contribution in [-0.2, 0) is 13.2 Å². The molecule has 0 amide bonds. The number of hydrogen-bond donors (Lipinski definition) is 1. The molecule has 17 heavy (non-hydrogen) atoms. The molecule has 2 rings (SSSR count). The summed E-state index contributed by atoms with van der Waals surface area (Å²) in [4.78, 5) is 2.15. The summed E-state index contributed by atoms with van der Waals surface area (Å²) < 4.78 is 5.05. The molecule has 1 N–H and O–H groups in total. The highest BCUT2D eigenvalue weighted by atomic mass is 16.3. The maximum Gasteiger partial charge on any atom is 0.0952 e. The van der Waals surface area contributed by atoms with Crippen molar-refractivity contribution in [3.05, 3.63) is 53.5 Å². The number of aliphatic hydroxyl groups is 1. The molecule has 0 unspecified atom stereocenters. The summed E-state index contributed by atoms with van der Waals surface area (Å²) in [6.45, 7) is 2.92. The fourth-order valence-electron chi connectivity index (χ4n) is 1.84. The number of hydrogen-bond acceptors (Lipinski definition) is 3. The van der Waals surface area contributed by atoms with Gasteiger partial charge in [0.1, 0.15) is 0 Å². The van der Waals surface area contributed by atoms with Gasteiger partial charge in [-0.1, -0.05) is 6.07 Å². The zero-order valence-corrected chi connectivity index (χ0v) is 10.2. The Morgan fingerprint density at radius 1 is 1.29 bits per heavy atom. The number of aryl methyl sites for hydroxylation is 1. The monoisotopic (exact) mass is 231 g/mol. The fourth-order valence-corrected chi connectivity index (χ4v) is 1.84. The Labute approximate surface area is 101 Å². The lowest BCUT2D eigenvalue weighted by Crippen LogP contribution is -2.16. The van der Waals surface area contributed by atoms with Crippen LogP contribution in [0.1, 0.15) is 16.7 Å². The molecule has 2 aromatic rings. The molecule has 0 atom stereocenters. The van der Waals surface area contributed by atoms with Gasteiger partial charge in [-0.2, -0.15) is 0 Å². The van der Waals surface area contributed by atoms with E-state index in [-0.39, 0.29) is 6.61 Å². The minimum atomic E-state index is 0.0948. The number of rotatable bonds is 4. The maximum atomic E-state index is 9.13. The van der Waals surface area contributed by atoms with Crippen LogP contribution in [0.25, 0.3) is 0 Å². The van der Waals surface area contributed by atoms with Crippen LogP contribution in [0.5, 0.6) is 0 Å². The number of nitrogens with zero attached hydrogens (tertiary/aromatic N) is 1. The quantitative estimate of drug-likeness (QED) is 0.879. The highest BCUT2D eigenvalue weighted by Crippen LogP contribution is 2.20. The average Bonchev–Trinajstić information content (AvgIpc) is 2.81. The Bertz CT molecular complexity index is 477. The summed E-state index contributed by atoms with van der Waals surface area (Å²) in [5.74, 6) is 0. The van der Waals surface area contributed by atoms with Crippen LogP contribution in [0.3, 0.4) is 0 Å². The molecule has 0 saturated heterocycles. The van der Waals surface area contributed by atoms with Gasteiger partial charge >= 0.3 is 0 Å². The highest BCUT2D eigenvalue weighted by Gasteiger charge is 2.05. The van der Waals surface area contributed by atoms with Crippen LogP contribution < -0.4 is 4.90 Å². The van der Waals surface area contributed by atoms with E-state index < -0.39 is 0 Å². The van der Waals surface area contributed by atoms with Crippen molar-refractivity contribution in [2.24, 2.45) is 0 Å². The smallest absolute Gasteiger partial charge is 0.0952 e. The van der Waals surface area contributed by atoms with Gasteiger partial charge < -0.3 is 14.4 Å². The molecular formula is C14H17NO2. The second-order valence-electron chi connectivity index (χ2n) is 4.26. The number of benzene rings is 1. The molecule has 0 spiro atoms. The SMILES string of the molecule is Cc1cc(N(C)Cc2ccoc2)ccc1CO. The van der Waals surface area contributed by atoms with Crippen molar-refractivity contribution >= 4 is 5.69 Å². The van der Waals surface area contributed by atoms with Gasteiger partial charge in [0.2, 0.25) is 0 Å². The van der Waals surface area contributed by atoms with Crippen LogP contribution in [0, 0.1) is 6.92 Å². The van der Waals surface area contributed by atoms with Crippen molar-refractivity contribution in [2.75, 3.05) is 11.9 Å². The molecule has 0 radical (unpaired) electrons. The van der Waals surface area contributed by atoms with Gasteiger partial charge in [-0.25, -0.2) is 0 Å². The molecular weight excluding hydrogens is 214 g/mol. The van der Waals surface area contributed by atoms with Crippen molar-refractivity contribution < 1.29 is 9.52 Å². The van der Waals surface area contributed by atoms with E-state index in [2.05, 4.69) is 11.0 Å². The summed E-state index contributed by atoms with van der Waals surface area (Å²) in [5, 5.41) is 9.13. The number of aliphatic hydroxyl groups excluding tert-OH is 1. The summed E-state index contributed by atoms with van der Waals surface area (Å²) in [5.41, 5.74) is 4.38. The van der Waals surface area contributed by atoms with E-state index in [0.29, 0.717) is 0 Å². The predicted molar refractivity (Wildman–Crippen MR) is 67.9 cm³/mol. The summed E-state index contributed by atoms with van der Waals surface area (Å²) in [6.07, 6.45) is 3.44. The first-order valence-electron chi connectivity index (χ1n) is 5.63. The van der Waals surface area contributed by atoms with Gasteiger partial charge in [-0.3, -0.25) is 0 Å². The van der Waals surface area contributed by atoms with Crippen molar-refractivity contribution in [3.63, 3.8) is 0 Å². The minimum Gasteiger partial charge on any atom is -0.472 e. The third-order valence-electron chi connectivity index (χ3n) is 2.94. The van der Waals surface area contributed by atoms with E-state index in [0.717, 1.165) is 28.9 Å². The molecule has 3 nitrogen and oxygen atoms in total. The lowest BCUT2D eigenvalue weighted by atomic mass is 10.1. The second kappa shape index (κ2) is 5.06. The van der Waals surface area contributed by atoms with Gasteiger partial charge in [0.05, 0.1) is 19.1 Å². The Morgan fingerprint density at radius 2 is 2.12 bits per heavy atom. The normalized spacial score (nSPS) is 10.5. The highest BCUT2D eigenvalue weighted by molar-refractivity contribution is 5.50. The van der Waals surface area contributed by atoms with E-state index in [9.17, 15) is 0 Å². The molecule has 1 aromatic heterocycles. The fraction of sp³-hybridized carbons (Fsp3) is 0.286. The van der Waals surface area contributed by atoms with Crippen molar-refractivity contribution in [1.82, 2.24) is 0 Å². The summed E-state index contributed by atoms with van der Waals surface area (Å²) in [6, 6.07) is 8.05. The van der Waals surface area contributed by atoms with Crippen LogP contribution in [-0.4, -0.2) is 12.2 Å².